The Morgan fingerprint density at radius 1 is 1.22 bits per heavy atom. The predicted molar refractivity (Wildman–Crippen MR) is 106 cm³/mol. The summed E-state index contributed by atoms with van der Waals surface area (Å²) in [5.41, 5.74) is 2.22. The topological polar surface area (TPSA) is 73.6 Å². The van der Waals surface area contributed by atoms with Crippen molar-refractivity contribution in [3.8, 4) is 11.5 Å². The summed E-state index contributed by atoms with van der Waals surface area (Å²) in [6.45, 7) is 4.39. The molecule has 0 saturated heterocycles. The molecule has 0 bridgehead atoms. The number of anilines is 1. The second-order valence-corrected chi connectivity index (χ2v) is 6.98. The number of thiazole rings is 1. The molecule has 138 valence electrons. The SMILES string of the molecule is CCOc1ccc2nc(NC(=O)c3oc4ccc(OC)cc4c3C)sc2c1. The van der Waals surface area contributed by atoms with E-state index >= 15 is 0 Å². The number of nitrogens with zero attached hydrogens (tertiary/aromatic N) is 1. The smallest absolute Gasteiger partial charge is 0.293 e. The Balaban J connectivity index is 1.63. The van der Waals surface area contributed by atoms with Crippen LogP contribution in [0.5, 0.6) is 11.5 Å². The molecule has 0 saturated carbocycles. The molecular formula is C20H18N2O4S. The minimum absolute atomic E-state index is 0.271. The lowest BCUT2D eigenvalue weighted by Crippen LogP contribution is -2.11. The van der Waals surface area contributed by atoms with Crippen LogP contribution in [-0.4, -0.2) is 24.6 Å². The van der Waals surface area contributed by atoms with Gasteiger partial charge in [0.2, 0.25) is 0 Å². The van der Waals surface area contributed by atoms with E-state index in [0.29, 0.717) is 17.3 Å². The van der Waals surface area contributed by atoms with Crippen LogP contribution < -0.4 is 14.8 Å². The van der Waals surface area contributed by atoms with Crippen LogP contribution in [0.15, 0.2) is 40.8 Å². The van der Waals surface area contributed by atoms with Crippen molar-refractivity contribution in [2.45, 2.75) is 13.8 Å². The Hall–Kier alpha value is -3.06. The van der Waals surface area contributed by atoms with Crippen LogP contribution in [-0.2, 0) is 0 Å². The maximum absolute atomic E-state index is 12.7. The molecule has 1 amide bonds. The first-order chi connectivity index (χ1) is 13.1. The van der Waals surface area contributed by atoms with Gasteiger partial charge in [0.05, 0.1) is 23.9 Å². The average molecular weight is 382 g/mol. The zero-order chi connectivity index (χ0) is 19.0. The molecule has 4 rings (SSSR count). The van der Waals surface area contributed by atoms with Gasteiger partial charge in [0.1, 0.15) is 17.1 Å². The third-order valence-electron chi connectivity index (χ3n) is 4.24. The number of fused-ring (bicyclic) bond motifs is 2. The molecule has 2 heterocycles. The van der Waals surface area contributed by atoms with Gasteiger partial charge in [0.15, 0.2) is 10.9 Å². The molecule has 0 atom stereocenters. The van der Waals surface area contributed by atoms with E-state index in [1.165, 1.54) is 11.3 Å². The fourth-order valence-electron chi connectivity index (χ4n) is 2.91. The highest BCUT2D eigenvalue weighted by molar-refractivity contribution is 7.22. The van der Waals surface area contributed by atoms with Crippen molar-refractivity contribution >= 4 is 43.6 Å². The molecule has 4 aromatic rings. The zero-order valence-corrected chi connectivity index (χ0v) is 16.0. The van der Waals surface area contributed by atoms with Crippen LogP contribution in [0.2, 0.25) is 0 Å². The highest BCUT2D eigenvalue weighted by atomic mass is 32.1. The first-order valence-corrected chi connectivity index (χ1v) is 9.32. The summed E-state index contributed by atoms with van der Waals surface area (Å²) >= 11 is 1.39. The van der Waals surface area contributed by atoms with E-state index in [4.69, 9.17) is 13.9 Å². The summed E-state index contributed by atoms with van der Waals surface area (Å²) in [6.07, 6.45) is 0. The summed E-state index contributed by atoms with van der Waals surface area (Å²) < 4.78 is 17.4. The number of carbonyl (C=O) groups excluding carboxylic acids is 1. The van der Waals surface area contributed by atoms with Crippen LogP contribution in [0.25, 0.3) is 21.2 Å². The maximum Gasteiger partial charge on any atom is 0.293 e. The summed E-state index contributed by atoms with van der Waals surface area (Å²) in [6, 6.07) is 11.1. The van der Waals surface area contributed by atoms with Gasteiger partial charge >= 0.3 is 0 Å². The van der Waals surface area contributed by atoms with Crippen molar-refractivity contribution in [1.29, 1.82) is 0 Å². The number of ether oxygens (including phenoxy) is 2. The molecule has 0 spiro atoms. The largest absolute Gasteiger partial charge is 0.497 e. The predicted octanol–water partition coefficient (Wildman–Crippen LogP) is 5.01. The Labute approximate surface area is 159 Å². The molecule has 0 radical (unpaired) electrons. The minimum Gasteiger partial charge on any atom is -0.497 e. The van der Waals surface area contributed by atoms with Crippen LogP contribution in [0.4, 0.5) is 5.13 Å². The molecule has 6 nitrogen and oxygen atoms in total. The number of methoxy groups -OCH3 is 1. The quantitative estimate of drug-likeness (QED) is 0.525. The number of hydrogen-bond acceptors (Lipinski definition) is 6. The van der Waals surface area contributed by atoms with Gasteiger partial charge in [-0.2, -0.15) is 0 Å². The summed E-state index contributed by atoms with van der Waals surface area (Å²) in [5.74, 6) is 1.45. The van der Waals surface area contributed by atoms with E-state index in [1.54, 1.807) is 19.2 Å². The van der Waals surface area contributed by atoms with Gasteiger partial charge in [-0.05, 0) is 50.2 Å². The number of rotatable bonds is 5. The molecule has 1 N–H and O–H groups in total. The maximum atomic E-state index is 12.7. The Morgan fingerprint density at radius 2 is 2.04 bits per heavy atom. The fourth-order valence-corrected chi connectivity index (χ4v) is 3.80. The van der Waals surface area contributed by atoms with Gasteiger partial charge in [-0.25, -0.2) is 4.98 Å². The molecule has 27 heavy (non-hydrogen) atoms. The van der Waals surface area contributed by atoms with Gasteiger partial charge in [-0.1, -0.05) is 11.3 Å². The van der Waals surface area contributed by atoms with Gasteiger partial charge in [0, 0.05) is 10.9 Å². The van der Waals surface area contributed by atoms with E-state index in [1.807, 2.05) is 38.1 Å². The summed E-state index contributed by atoms with van der Waals surface area (Å²) in [5, 5.41) is 4.20. The normalized spacial score (nSPS) is 11.1. The Morgan fingerprint density at radius 3 is 2.81 bits per heavy atom. The lowest BCUT2D eigenvalue weighted by atomic mass is 10.1. The lowest BCUT2D eigenvalue weighted by molar-refractivity contribution is 0.0998. The molecule has 0 aliphatic heterocycles. The average Bonchev–Trinajstić information content (AvgIpc) is 3.21. The molecule has 0 aliphatic rings. The molecule has 0 aliphatic carbocycles. The van der Waals surface area contributed by atoms with E-state index in [2.05, 4.69) is 10.3 Å². The van der Waals surface area contributed by atoms with Crippen molar-refractivity contribution in [2.24, 2.45) is 0 Å². The lowest BCUT2D eigenvalue weighted by Gasteiger charge is -2.00. The third kappa shape index (κ3) is 3.21. The minimum atomic E-state index is -0.327. The summed E-state index contributed by atoms with van der Waals surface area (Å²) in [4.78, 5) is 17.2. The molecule has 0 unspecified atom stereocenters. The highest BCUT2D eigenvalue weighted by Gasteiger charge is 2.19. The van der Waals surface area contributed by atoms with Crippen LogP contribution in [0, 0.1) is 6.92 Å². The van der Waals surface area contributed by atoms with E-state index in [-0.39, 0.29) is 11.7 Å². The number of furan rings is 1. The van der Waals surface area contributed by atoms with Crippen LogP contribution in [0.1, 0.15) is 23.0 Å². The van der Waals surface area contributed by atoms with Crippen molar-refractivity contribution in [2.75, 3.05) is 19.0 Å². The molecule has 0 fully saturated rings. The molecule has 7 heteroatoms. The van der Waals surface area contributed by atoms with E-state index in [0.717, 1.165) is 32.7 Å². The monoisotopic (exact) mass is 382 g/mol. The number of hydrogen-bond donors (Lipinski definition) is 1. The third-order valence-corrected chi connectivity index (χ3v) is 5.17. The number of nitrogens with one attached hydrogen (secondary N) is 1. The fraction of sp³-hybridized carbons (Fsp3) is 0.200. The second kappa shape index (κ2) is 6.92. The molecular weight excluding hydrogens is 364 g/mol. The van der Waals surface area contributed by atoms with Crippen molar-refractivity contribution < 1.29 is 18.7 Å². The van der Waals surface area contributed by atoms with Crippen LogP contribution >= 0.6 is 11.3 Å². The zero-order valence-electron chi connectivity index (χ0n) is 15.2. The summed E-state index contributed by atoms with van der Waals surface area (Å²) in [7, 11) is 1.61. The standard InChI is InChI=1S/C20H18N2O4S/c1-4-25-13-5-7-15-17(10-13)27-20(21-15)22-19(23)18-11(2)14-9-12(24-3)6-8-16(14)26-18/h5-10H,4H2,1-3H3,(H,21,22,23). The van der Waals surface area contributed by atoms with Crippen molar-refractivity contribution in [3.63, 3.8) is 0 Å². The van der Waals surface area contributed by atoms with E-state index < -0.39 is 0 Å². The number of benzene rings is 2. The Bertz CT molecular complexity index is 1150. The van der Waals surface area contributed by atoms with Crippen LogP contribution in [0.3, 0.4) is 0 Å². The van der Waals surface area contributed by atoms with Gasteiger partial charge in [-0.15, -0.1) is 0 Å². The number of aryl methyl sites for hydroxylation is 1. The number of carbonyl (C=O) groups is 1. The van der Waals surface area contributed by atoms with Crippen molar-refractivity contribution in [1.82, 2.24) is 4.98 Å². The Kier molecular flexibility index (Phi) is 4.45. The number of amides is 1. The number of aromatic nitrogens is 1. The van der Waals surface area contributed by atoms with E-state index in [9.17, 15) is 4.79 Å². The van der Waals surface area contributed by atoms with Gasteiger partial charge in [0.25, 0.3) is 5.91 Å². The first-order valence-electron chi connectivity index (χ1n) is 8.51. The highest BCUT2D eigenvalue weighted by Crippen LogP contribution is 2.32. The second-order valence-electron chi connectivity index (χ2n) is 5.95. The van der Waals surface area contributed by atoms with Crippen molar-refractivity contribution in [3.05, 3.63) is 47.7 Å². The molecule has 2 aromatic carbocycles. The first kappa shape index (κ1) is 17.4. The van der Waals surface area contributed by atoms with Gasteiger partial charge in [-0.3, -0.25) is 10.1 Å². The molecule has 2 aromatic heterocycles. The van der Waals surface area contributed by atoms with Gasteiger partial charge < -0.3 is 13.9 Å².